The Bertz CT molecular complexity index is 144. The molecule has 2 N–H and O–H groups in total. The number of ether oxygens (including phenoxy) is 1. The van der Waals surface area contributed by atoms with Crippen LogP contribution in [0.15, 0.2) is 0 Å². The Kier molecular flexibility index (Phi) is 1.67. The molecule has 0 saturated carbocycles. The molecule has 2 aliphatic heterocycles. The Morgan fingerprint density at radius 1 is 1.55 bits per heavy atom. The van der Waals surface area contributed by atoms with Crippen molar-refractivity contribution in [3.8, 4) is 0 Å². The van der Waals surface area contributed by atoms with Crippen LogP contribution in [0.3, 0.4) is 0 Å². The molecule has 2 heterocycles. The van der Waals surface area contributed by atoms with Crippen LogP contribution in [0.25, 0.3) is 0 Å². The van der Waals surface area contributed by atoms with Gasteiger partial charge in [-0.2, -0.15) is 0 Å². The fourth-order valence-corrected chi connectivity index (χ4v) is 1.95. The summed E-state index contributed by atoms with van der Waals surface area (Å²) in [5, 5.41) is 0. The van der Waals surface area contributed by atoms with Crippen LogP contribution < -0.4 is 5.73 Å². The topological polar surface area (TPSA) is 38.5 Å². The van der Waals surface area contributed by atoms with Crippen LogP contribution in [0.5, 0.6) is 0 Å². The molecule has 2 rings (SSSR count). The largest absolute Gasteiger partial charge is 0.380 e. The fourth-order valence-electron chi connectivity index (χ4n) is 1.95. The second kappa shape index (κ2) is 2.44. The second-order valence-corrected chi connectivity index (χ2v) is 4.08. The summed E-state index contributed by atoms with van der Waals surface area (Å²) in [5.41, 5.74) is 5.97. The van der Waals surface area contributed by atoms with E-state index in [0.717, 1.165) is 26.3 Å². The average Bonchev–Trinajstić information content (AvgIpc) is 2.32. The molecule has 0 bridgehead atoms. The van der Waals surface area contributed by atoms with Gasteiger partial charge in [0.2, 0.25) is 0 Å². The highest BCUT2D eigenvalue weighted by molar-refractivity contribution is 4.99. The van der Waals surface area contributed by atoms with Crippen molar-refractivity contribution in [3.63, 3.8) is 0 Å². The predicted molar refractivity (Wildman–Crippen MR) is 43.4 cm³/mol. The molecule has 2 fully saturated rings. The molecule has 2 aliphatic rings. The smallest absolute Gasteiger partial charge is 0.0622 e. The minimum atomic E-state index is 0.0720. The molecule has 3 heteroatoms. The Morgan fingerprint density at radius 2 is 2.27 bits per heavy atom. The summed E-state index contributed by atoms with van der Waals surface area (Å²) in [7, 11) is 0. The van der Waals surface area contributed by atoms with E-state index in [4.69, 9.17) is 10.5 Å². The average molecular weight is 156 g/mol. The van der Waals surface area contributed by atoms with Crippen molar-refractivity contribution < 1.29 is 4.74 Å². The summed E-state index contributed by atoms with van der Waals surface area (Å²) >= 11 is 0. The van der Waals surface area contributed by atoms with Gasteiger partial charge < -0.3 is 10.5 Å². The van der Waals surface area contributed by atoms with E-state index in [0.29, 0.717) is 6.04 Å². The van der Waals surface area contributed by atoms with Crippen LogP contribution in [0, 0.1) is 0 Å². The lowest BCUT2D eigenvalue weighted by molar-refractivity contribution is 0.0336. The maximum Gasteiger partial charge on any atom is 0.0622 e. The van der Waals surface area contributed by atoms with E-state index >= 15 is 0 Å². The van der Waals surface area contributed by atoms with E-state index in [1.807, 2.05) is 0 Å². The summed E-state index contributed by atoms with van der Waals surface area (Å²) in [5.74, 6) is 0. The van der Waals surface area contributed by atoms with Crippen molar-refractivity contribution in [2.24, 2.45) is 5.73 Å². The van der Waals surface area contributed by atoms with Crippen LogP contribution in [0.2, 0.25) is 0 Å². The van der Waals surface area contributed by atoms with Crippen LogP contribution >= 0.6 is 0 Å². The van der Waals surface area contributed by atoms with Gasteiger partial charge in [-0.15, -0.1) is 0 Å². The van der Waals surface area contributed by atoms with E-state index in [9.17, 15) is 0 Å². The minimum absolute atomic E-state index is 0.0720. The number of likely N-dealkylation sites (tertiary alicyclic amines) is 1. The first-order valence-electron chi connectivity index (χ1n) is 4.28. The lowest BCUT2D eigenvalue weighted by atomic mass is 9.91. The molecule has 0 aliphatic carbocycles. The molecule has 0 aromatic heterocycles. The molecule has 11 heavy (non-hydrogen) atoms. The third-order valence-electron chi connectivity index (χ3n) is 2.55. The molecule has 2 saturated heterocycles. The number of hydrogen-bond donors (Lipinski definition) is 1. The van der Waals surface area contributed by atoms with Gasteiger partial charge in [-0.05, 0) is 13.3 Å². The Balaban J connectivity index is 1.81. The van der Waals surface area contributed by atoms with Gasteiger partial charge in [0.05, 0.1) is 6.61 Å². The normalized spacial score (nSPS) is 37.1. The number of hydrogen-bond acceptors (Lipinski definition) is 3. The summed E-state index contributed by atoms with van der Waals surface area (Å²) in [4.78, 5) is 2.42. The highest BCUT2D eigenvalue weighted by Crippen LogP contribution is 2.23. The number of rotatable bonds is 1. The molecule has 3 nitrogen and oxygen atoms in total. The van der Waals surface area contributed by atoms with Crippen molar-refractivity contribution >= 4 is 0 Å². The first-order valence-corrected chi connectivity index (χ1v) is 4.28. The maximum atomic E-state index is 5.90. The highest BCUT2D eigenvalue weighted by Gasteiger charge is 2.39. The zero-order chi connectivity index (χ0) is 7.90. The molecule has 1 atom stereocenters. The Hall–Kier alpha value is -0.120. The first kappa shape index (κ1) is 7.53. The number of nitrogens with two attached hydrogens (primary N) is 1. The van der Waals surface area contributed by atoms with Crippen molar-refractivity contribution in [3.05, 3.63) is 0 Å². The van der Waals surface area contributed by atoms with Gasteiger partial charge in [-0.25, -0.2) is 0 Å². The van der Waals surface area contributed by atoms with Crippen molar-refractivity contribution in [2.75, 3.05) is 26.3 Å². The quantitative estimate of drug-likeness (QED) is 0.572. The third kappa shape index (κ3) is 1.41. The molecule has 0 amide bonds. The summed E-state index contributed by atoms with van der Waals surface area (Å²) in [6.45, 7) is 6.04. The Labute approximate surface area is 67.5 Å². The van der Waals surface area contributed by atoms with Crippen molar-refractivity contribution in [1.29, 1.82) is 0 Å². The van der Waals surface area contributed by atoms with Crippen molar-refractivity contribution in [2.45, 2.75) is 24.9 Å². The third-order valence-corrected chi connectivity index (χ3v) is 2.55. The zero-order valence-corrected chi connectivity index (χ0v) is 7.05. The Morgan fingerprint density at radius 3 is 2.73 bits per heavy atom. The molecule has 0 aromatic carbocycles. The van der Waals surface area contributed by atoms with Gasteiger partial charge >= 0.3 is 0 Å². The fraction of sp³-hybridized carbons (Fsp3) is 1.00. The van der Waals surface area contributed by atoms with Crippen LogP contribution in [-0.4, -0.2) is 42.8 Å². The van der Waals surface area contributed by atoms with Gasteiger partial charge in [0.15, 0.2) is 0 Å². The maximum absolute atomic E-state index is 5.90. The lowest BCUT2D eigenvalue weighted by Gasteiger charge is -2.48. The van der Waals surface area contributed by atoms with E-state index in [1.54, 1.807) is 0 Å². The standard InChI is InChI=1S/C8H16N2O/c1-8(9)5-10(6-8)7-2-3-11-4-7/h7H,2-6,9H2,1H3. The molecule has 0 spiro atoms. The van der Waals surface area contributed by atoms with E-state index in [2.05, 4.69) is 11.8 Å². The predicted octanol–water partition coefficient (Wildman–Crippen LogP) is -0.192. The van der Waals surface area contributed by atoms with E-state index < -0.39 is 0 Å². The summed E-state index contributed by atoms with van der Waals surface area (Å²) < 4.78 is 5.30. The first-order chi connectivity index (χ1) is 5.17. The summed E-state index contributed by atoms with van der Waals surface area (Å²) in [6.07, 6.45) is 1.19. The van der Waals surface area contributed by atoms with Gasteiger partial charge in [-0.1, -0.05) is 0 Å². The number of nitrogens with zero attached hydrogens (tertiary/aromatic N) is 1. The van der Waals surface area contributed by atoms with Gasteiger partial charge in [0.1, 0.15) is 0 Å². The molecule has 0 radical (unpaired) electrons. The molecule has 64 valence electrons. The monoisotopic (exact) mass is 156 g/mol. The molecular formula is C8H16N2O. The van der Waals surface area contributed by atoms with Gasteiger partial charge in [0, 0.05) is 31.3 Å². The van der Waals surface area contributed by atoms with Crippen molar-refractivity contribution in [1.82, 2.24) is 4.90 Å². The van der Waals surface area contributed by atoms with E-state index in [1.165, 1.54) is 6.42 Å². The lowest BCUT2D eigenvalue weighted by Crippen LogP contribution is -2.67. The second-order valence-electron chi connectivity index (χ2n) is 4.08. The summed E-state index contributed by atoms with van der Waals surface area (Å²) in [6, 6.07) is 0.659. The van der Waals surface area contributed by atoms with Gasteiger partial charge in [-0.3, -0.25) is 4.90 Å². The van der Waals surface area contributed by atoms with E-state index in [-0.39, 0.29) is 5.54 Å². The van der Waals surface area contributed by atoms with Gasteiger partial charge in [0.25, 0.3) is 0 Å². The molecular weight excluding hydrogens is 140 g/mol. The zero-order valence-electron chi connectivity index (χ0n) is 7.05. The van der Waals surface area contributed by atoms with Crippen LogP contribution in [0.1, 0.15) is 13.3 Å². The minimum Gasteiger partial charge on any atom is -0.380 e. The SMILES string of the molecule is CC1(N)CN(C2CCOC2)C1. The van der Waals surface area contributed by atoms with Crippen LogP contribution in [0.4, 0.5) is 0 Å². The highest BCUT2D eigenvalue weighted by atomic mass is 16.5. The molecule has 1 unspecified atom stereocenters. The molecule has 0 aromatic rings. The van der Waals surface area contributed by atoms with Crippen LogP contribution in [-0.2, 0) is 4.74 Å².